The van der Waals surface area contributed by atoms with Crippen LogP contribution in [0.5, 0.6) is 0 Å². The highest BCUT2D eigenvalue weighted by Crippen LogP contribution is 2.72. The lowest BCUT2D eigenvalue weighted by molar-refractivity contribution is -0.133. The van der Waals surface area contributed by atoms with Crippen molar-refractivity contribution in [2.24, 2.45) is 23.7 Å². The average molecular weight is 266 g/mol. The summed E-state index contributed by atoms with van der Waals surface area (Å²) in [6.45, 7) is 0. The summed E-state index contributed by atoms with van der Waals surface area (Å²) in [7, 11) is 0. The summed E-state index contributed by atoms with van der Waals surface area (Å²) < 4.78 is 5.60. The Balaban J connectivity index is 1.46. The highest BCUT2D eigenvalue weighted by atomic mass is 32.2. The number of fused-ring (bicyclic) bond motifs is 5. The van der Waals surface area contributed by atoms with Gasteiger partial charge in [0.1, 0.15) is 5.75 Å². The molecule has 0 aliphatic heterocycles. The van der Waals surface area contributed by atoms with E-state index in [-0.39, 0.29) is 5.75 Å². The van der Waals surface area contributed by atoms with E-state index in [4.69, 9.17) is 9.52 Å². The number of hydrogen-bond donors (Lipinski definition) is 1. The van der Waals surface area contributed by atoms with Crippen LogP contribution in [0, 0.1) is 23.7 Å². The third-order valence-corrected chi connectivity index (χ3v) is 5.56. The van der Waals surface area contributed by atoms with Crippen LogP contribution in [0.1, 0.15) is 31.1 Å². The molecule has 0 amide bonds. The summed E-state index contributed by atoms with van der Waals surface area (Å²) in [6.07, 6.45) is 4.15. The van der Waals surface area contributed by atoms with Crippen molar-refractivity contribution in [1.82, 2.24) is 10.2 Å². The second-order valence-corrected chi connectivity index (χ2v) is 6.53. The Labute approximate surface area is 108 Å². The molecule has 0 radical (unpaired) electrons. The molecule has 1 N–H and O–H groups in total. The van der Waals surface area contributed by atoms with Gasteiger partial charge in [0.25, 0.3) is 5.22 Å². The summed E-state index contributed by atoms with van der Waals surface area (Å²) in [5.41, 5.74) is 0. The van der Waals surface area contributed by atoms with Crippen molar-refractivity contribution in [2.45, 2.75) is 30.4 Å². The third kappa shape index (κ3) is 1.51. The second kappa shape index (κ2) is 3.73. The SMILES string of the molecule is O=C(O)CSc1nnc(C2C3C4CCC(C4)C23)o1. The van der Waals surface area contributed by atoms with Crippen LogP contribution in [-0.4, -0.2) is 27.0 Å². The van der Waals surface area contributed by atoms with Crippen LogP contribution in [0.25, 0.3) is 0 Å². The zero-order valence-corrected chi connectivity index (χ0v) is 10.6. The Morgan fingerprint density at radius 2 is 2.06 bits per heavy atom. The molecule has 0 saturated heterocycles. The molecule has 4 rings (SSSR count). The van der Waals surface area contributed by atoms with Crippen LogP contribution < -0.4 is 0 Å². The number of carboxylic acid groups (broad SMARTS) is 1. The maximum atomic E-state index is 10.5. The van der Waals surface area contributed by atoms with Gasteiger partial charge in [-0.1, -0.05) is 11.8 Å². The van der Waals surface area contributed by atoms with E-state index in [0.717, 1.165) is 41.3 Å². The number of carboxylic acids is 1. The fourth-order valence-corrected chi connectivity index (χ4v) is 4.68. The van der Waals surface area contributed by atoms with Crippen LogP contribution in [-0.2, 0) is 4.79 Å². The van der Waals surface area contributed by atoms with Crippen molar-refractivity contribution in [1.29, 1.82) is 0 Å². The highest BCUT2D eigenvalue weighted by molar-refractivity contribution is 7.99. The smallest absolute Gasteiger partial charge is 0.314 e. The molecule has 2 bridgehead atoms. The first-order valence-corrected chi connectivity index (χ1v) is 7.40. The minimum atomic E-state index is -0.860. The van der Waals surface area contributed by atoms with Crippen LogP contribution in [0.4, 0.5) is 0 Å². The van der Waals surface area contributed by atoms with Crippen LogP contribution in [0.3, 0.4) is 0 Å². The minimum absolute atomic E-state index is 0.0234. The van der Waals surface area contributed by atoms with Gasteiger partial charge < -0.3 is 9.52 Å². The molecule has 1 heterocycles. The van der Waals surface area contributed by atoms with Crippen molar-refractivity contribution >= 4 is 17.7 Å². The van der Waals surface area contributed by atoms with Crippen LogP contribution in [0.2, 0.25) is 0 Å². The van der Waals surface area contributed by atoms with Crippen LogP contribution >= 0.6 is 11.8 Å². The predicted octanol–water partition coefficient (Wildman–Crippen LogP) is 2.01. The highest BCUT2D eigenvalue weighted by Gasteiger charge is 2.67. The van der Waals surface area contributed by atoms with Gasteiger partial charge in [-0.05, 0) is 42.9 Å². The standard InChI is InChI=1S/C12H14N2O3S/c15-7(16)4-18-12-14-13-11(17-12)10-8-5-1-2-6(3-5)9(8)10/h5-6,8-10H,1-4H2,(H,15,16). The van der Waals surface area contributed by atoms with Crippen molar-refractivity contribution in [3.05, 3.63) is 5.89 Å². The molecule has 1 aromatic heterocycles. The topological polar surface area (TPSA) is 76.2 Å². The maximum Gasteiger partial charge on any atom is 0.314 e. The summed E-state index contributed by atoms with van der Waals surface area (Å²) in [6, 6.07) is 0. The molecular weight excluding hydrogens is 252 g/mol. The fraction of sp³-hybridized carbons (Fsp3) is 0.750. The third-order valence-electron chi connectivity index (χ3n) is 4.76. The van der Waals surface area contributed by atoms with Gasteiger partial charge in [0, 0.05) is 5.92 Å². The number of thioether (sulfide) groups is 1. The number of carbonyl (C=O) groups is 1. The lowest BCUT2D eigenvalue weighted by Crippen LogP contribution is -1.97. The van der Waals surface area contributed by atoms with Gasteiger partial charge in [0.2, 0.25) is 5.89 Å². The molecule has 4 atom stereocenters. The summed E-state index contributed by atoms with van der Waals surface area (Å²) in [5.74, 6) is 3.66. The number of rotatable bonds is 4. The van der Waals surface area contributed by atoms with Gasteiger partial charge in [0.05, 0.1) is 0 Å². The summed E-state index contributed by atoms with van der Waals surface area (Å²) in [4.78, 5) is 10.5. The molecule has 6 heteroatoms. The molecule has 96 valence electrons. The molecule has 0 aromatic carbocycles. The molecule has 3 saturated carbocycles. The molecular formula is C12H14N2O3S. The van der Waals surface area contributed by atoms with Gasteiger partial charge in [0.15, 0.2) is 0 Å². The summed E-state index contributed by atoms with van der Waals surface area (Å²) in [5, 5.41) is 17.0. The van der Waals surface area contributed by atoms with E-state index in [1.807, 2.05) is 0 Å². The quantitative estimate of drug-likeness (QED) is 0.840. The number of aromatic nitrogens is 2. The normalized spacial score (nSPS) is 39.9. The number of hydrogen-bond acceptors (Lipinski definition) is 5. The van der Waals surface area contributed by atoms with E-state index in [2.05, 4.69) is 10.2 Å². The second-order valence-electron chi connectivity index (χ2n) is 5.60. The molecule has 4 unspecified atom stereocenters. The molecule has 5 nitrogen and oxygen atoms in total. The van der Waals surface area contributed by atoms with Crippen molar-refractivity contribution in [2.75, 3.05) is 5.75 Å². The van der Waals surface area contributed by atoms with E-state index in [0.29, 0.717) is 11.1 Å². The van der Waals surface area contributed by atoms with Gasteiger partial charge >= 0.3 is 5.97 Å². The molecule has 1 aromatic rings. The Morgan fingerprint density at radius 3 is 2.72 bits per heavy atom. The van der Waals surface area contributed by atoms with E-state index in [1.54, 1.807) is 0 Å². The lowest BCUT2D eigenvalue weighted by Gasteiger charge is -2.04. The molecule has 18 heavy (non-hydrogen) atoms. The average Bonchev–Trinajstić information content (AvgIpc) is 2.77. The van der Waals surface area contributed by atoms with E-state index in [1.165, 1.54) is 19.3 Å². The Morgan fingerprint density at radius 1 is 1.33 bits per heavy atom. The molecule has 3 fully saturated rings. The first kappa shape index (κ1) is 10.8. The van der Waals surface area contributed by atoms with Gasteiger partial charge in [-0.3, -0.25) is 4.79 Å². The molecule has 3 aliphatic rings. The largest absolute Gasteiger partial charge is 0.481 e. The number of nitrogens with zero attached hydrogens (tertiary/aromatic N) is 2. The van der Waals surface area contributed by atoms with Gasteiger partial charge in [-0.15, -0.1) is 10.2 Å². The fourth-order valence-electron chi connectivity index (χ4n) is 4.19. The monoisotopic (exact) mass is 266 g/mol. The summed E-state index contributed by atoms with van der Waals surface area (Å²) >= 11 is 1.10. The van der Waals surface area contributed by atoms with Crippen LogP contribution in [0.15, 0.2) is 9.64 Å². The number of aliphatic carboxylic acids is 1. The maximum absolute atomic E-state index is 10.5. The molecule has 0 spiro atoms. The van der Waals surface area contributed by atoms with E-state index in [9.17, 15) is 4.79 Å². The molecule has 3 aliphatic carbocycles. The minimum Gasteiger partial charge on any atom is -0.481 e. The first-order chi connectivity index (χ1) is 8.74. The Bertz CT molecular complexity index is 487. The first-order valence-electron chi connectivity index (χ1n) is 6.42. The zero-order chi connectivity index (χ0) is 12.3. The van der Waals surface area contributed by atoms with E-state index >= 15 is 0 Å². The van der Waals surface area contributed by atoms with Gasteiger partial charge in [-0.25, -0.2) is 0 Å². The van der Waals surface area contributed by atoms with Crippen molar-refractivity contribution in [3.8, 4) is 0 Å². The Kier molecular flexibility index (Phi) is 2.24. The predicted molar refractivity (Wildman–Crippen MR) is 63.2 cm³/mol. The van der Waals surface area contributed by atoms with Crippen molar-refractivity contribution in [3.63, 3.8) is 0 Å². The van der Waals surface area contributed by atoms with Gasteiger partial charge in [-0.2, -0.15) is 0 Å². The van der Waals surface area contributed by atoms with Crippen molar-refractivity contribution < 1.29 is 14.3 Å². The zero-order valence-electron chi connectivity index (χ0n) is 9.78. The lowest BCUT2D eigenvalue weighted by atomic mass is 10.0. The Hall–Kier alpha value is -1.04. The van der Waals surface area contributed by atoms with E-state index < -0.39 is 5.97 Å².